The Kier molecular flexibility index (Phi) is 70.4. The first-order valence-corrected chi connectivity index (χ1v) is 42.5. The van der Waals surface area contributed by atoms with Gasteiger partial charge in [-0.3, -0.25) is 37.3 Å². The molecule has 0 radical (unpaired) electrons. The molecule has 0 aliphatic rings. The SMILES string of the molecule is CC/C=C\C/C=C\C/C=C\C/C=C\C/C=C\C/C=C\CCC(=O)OCC(COP(=O)(O)OCC(O)COP(=O)(O)OCC(COC(=O)CCCCCCC/C=C\C/C=C\CCC)OC(=O)CCCCCCCCCCCCCCC)OC(=O)CCCCCCCCCCCCCCCCC. The molecule has 100 heavy (non-hydrogen) atoms. The zero-order chi connectivity index (χ0) is 73.2. The summed E-state index contributed by atoms with van der Waals surface area (Å²) in [5.41, 5.74) is 0. The predicted octanol–water partition coefficient (Wildman–Crippen LogP) is 22.8. The van der Waals surface area contributed by atoms with Crippen molar-refractivity contribution in [2.24, 2.45) is 0 Å². The lowest BCUT2D eigenvalue weighted by Crippen LogP contribution is -2.30. The maximum atomic E-state index is 13.1. The van der Waals surface area contributed by atoms with Crippen LogP contribution in [0.5, 0.6) is 0 Å². The summed E-state index contributed by atoms with van der Waals surface area (Å²) in [6.07, 6.45) is 76.9. The molecule has 0 aliphatic heterocycles. The molecule has 0 spiro atoms. The number of hydrogen-bond acceptors (Lipinski definition) is 15. The lowest BCUT2D eigenvalue weighted by Gasteiger charge is -2.21. The molecule has 0 amide bonds. The molecule has 578 valence electrons. The molecule has 0 saturated heterocycles. The normalized spacial score (nSPS) is 14.4. The molecule has 3 N–H and O–H groups in total. The van der Waals surface area contributed by atoms with Gasteiger partial charge < -0.3 is 33.8 Å². The number of esters is 4. The van der Waals surface area contributed by atoms with E-state index in [1.165, 1.54) is 116 Å². The number of phosphoric ester groups is 2. The molecule has 0 rings (SSSR count). The van der Waals surface area contributed by atoms with Crippen LogP contribution in [0, 0.1) is 0 Å². The van der Waals surface area contributed by atoms with Crippen molar-refractivity contribution < 1.29 is 80.2 Å². The quantitative estimate of drug-likeness (QED) is 0.0169. The van der Waals surface area contributed by atoms with E-state index in [-0.39, 0.29) is 25.7 Å². The number of rotatable bonds is 74. The van der Waals surface area contributed by atoms with E-state index in [1.54, 1.807) is 0 Å². The number of hydrogen-bond donors (Lipinski definition) is 3. The van der Waals surface area contributed by atoms with Crippen LogP contribution in [-0.2, 0) is 65.4 Å². The van der Waals surface area contributed by atoms with Gasteiger partial charge in [0.2, 0.25) is 0 Å². The molecule has 0 fully saturated rings. The van der Waals surface area contributed by atoms with E-state index in [4.69, 9.17) is 37.0 Å². The highest BCUT2D eigenvalue weighted by Gasteiger charge is 2.30. The number of ether oxygens (including phenoxy) is 4. The summed E-state index contributed by atoms with van der Waals surface area (Å²) in [5.74, 6) is -2.27. The minimum Gasteiger partial charge on any atom is -0.462 e. The van der Waals surface area contributed by atoms with Crippen molar-refractivity contribution in [2.45, 2.75) is 354 Å². The molecule has 0 aromatic heterocycles. The molecule has 19 heteroatoms. The number of allylic oxidation sites excluding steroid dienone is 16. The van der Waals surface area contributed by atoms with Crippen LogP contribution in [0.15, 0.2) is 97.2 Å². The fraction of sp³-hybridized carbons (Fsp3) is 0.753. The van der Waals surface area contributed by atoms with E-state index in [0.717, 1.165) is 135 Å². The molecular weight excluding hydrogens is 1310 g/mol. The number of carbonyl (C=O) groups excluding carboxylic acids is 4. The fourth-order valence-electron chi connectivity index (χ4n) is 10.6. The van der Waals surface area contributed by atoms with Crippen molar-refractivity contribution in [3.63, 3.8) is 0 Å². The van der Waals surface area contributed by atoms with Gasteiger partial charge in [0, 0.05) is 25.7 Å². The number of phosphoric acid groups is 2. The third kappa shape index (κ3) is 72.3. The summed E-state index contributed by atoms with van der Waals surface area (Å²) >= 11 is 0. The molecule has 0 saturated carbocycles. The van der Waals surface area contributed by atoms with E-state index < -0.39 is 97.5 Å². The molecule has 0 aromatic rings. The average molecular weight is 1450 g/mol. The van der Waals surface area contributed by atoms with E-state index in [1.807, 2.05) is 18.2 Å². The Morgan fingerprint density at radius 1 is 0.290 bits per heavy atom. The van der Waals surface area contributed by atoms with Gasteiger partial charge in [0.25, 0.3) is 0 Å². The Morgan fingerprint density at radius 3 is 0.900 bits per heavy atom. The van der Waals surface area contributed by atoms with Crippen molar-refractivity contribution in [3.05, 3.63) is 97.2 Å². The predicted molar refractivity (Wildman–Crippen MR) is 409 cm³/mol. The zero-order valence-electron chi connectivity index (χ0n) is 63.1. The number of aliphatic hydroxyl groups excluding tert-OH is 1. The Hall–Kier alpha value is -4.02. The smallest absolute Gasteiger partial charge is 0.462 e. The van der Waals surface area contributed by atoms with E-state index in [9.17, 15) is 43.2 Å². The molecule has 0 aliphatic carbocycles. The van der Waals surface area contributed by atoms with E-state index >= 15 is 0 Å². The van der Waals surface area contributed by atoms with Crippen LogP contribution in [-0.4, -0.2) is 96.7 Å². The molecule has 17 nitrogen and oxygen atoms in total. The first kappa shape index (κ1) is 96.0. The summed E-state index contributed by atoms with van der Waals surface area (Å²) < 4.78 is 68.5. The average Bonchev–Trinajstić information content (AvgIpc) is 0.946. The second-order valence-corrected chi connectivity index (χ2v) is 29.2. The van der Waals surface area contributed by atoms with Crippen LogP contribution < -0.4 is 0 Å². The summed E-state index contributed by atoms with van der Waals surface area (Å²) in [6.45, 7) is 4.64. The van der Waals surface area contributed by atoms with Crippen LogP contribution in [0.3, 0.4) is 0 Å². The molecule has 5 unspecified atom stereocenters. The molecule has 0 aromatic carbocycles. The van der Waals surface area contributed by atoms with Gasteiger partial charge in [-0.25, -0.2) is 9.13 Å². The number of aliphatic hydroxyl groups is 1. The highest BCUT2D eigenvalue weighted by atomic mass is 31.2. The number of carbonyl (C=O) groups is 4. The Bertz CT molecular complexity index is 2270. The van der Waals surface area contributed by atoms with Gasteiger partial charge in [-0.2, -0.15) is 0 Å². The zero-order valence-corrected chi connectivity index (χ0v) is 64.9. The first-order chi connectivity index (χ1) is 48.7. The van der Waals surface area contributed by atoms with Crippen molar-refractivity contribution in [2.75, 3.05) is 39.6 Å². The van der Waals surface area contributed by atoms with Gasteiger partial charge in [0.05, 0.1) is 26.4 Å². The van der Waals surface area contributed by atoms with Crippen molar-refractivity contribution in [1.29, 1.82) is 0 Å². The highest BCUT2D eigenvalue weighted by molar-refractivity contribution is 7.47. The van der Waals surface area contributed by atoms with Crippen LogP contribution in [0.2, 0.25) is 0 Å². The standard InChI is InChI=1S/C81H142O17P2/c1-5-9-13-17-21-25-29-33-35-36-37-38-40-43-46-50-54-58-62-66-79(84)92-72-77(98-81(86)68-64-60-56-52-48-44-39-34-30-26-22-18-14-10-6-2)74-96-100(89,90)94-70-75(82)69-93-99(87,88)95-73-76(97-80(85)67-63-59-55-51-47-42-32-28-24-20-16-12-8-4)71-91-78(83)65-61-57-53-49-45-41-31-27-23-19-15-11-7-3/h9,13,15,19,21,25,27,31,33,35,37-38,43,46,54,58,75-77,82H,5-8,10-12,14,16-18,20,22-24,26,28-30,32,34,36,39-42,44-45,47-53,55-57,59-74H2,1-4H3,(H,87,88)(H,89,90)/b13-9-,19-15-,25-21-,31-27-,35-33-,38-37-,46-43-,58-54-. The summed E-state index contributed by atoms with van der Waals surface area (Å²) in [5, 5.41) is 10.6. The monoisotopic (exact) mass is 1450 g/mol. The van der Waals surface area contributed by atoms with Crippen LogP contribution in [0.1, 0.15) is 336 Å². The third-order valence-electron chi connectivity index (χ3n) is 16.6. The third-order valence-corrected chi connectivity index (χ3v) is 18.5. The van der Waals surface area contributed by atoms with E-state index in [2.05, 4.69) is 107 Å². The maximum Gasteiger partial charge on any atom is 0.472 e. The van der Waals surface area contributed by atoms with Crippen molar-refractivity contribution in [3.8, 4) is 0 Å². The van der Waals surface area contributed by atoms with Crippen LogP contribution in [0.4, 0.5) is 0 Å². The van der Waals surface area contributed by atoms with Crippen LogP contribution in [0.25, 0.3) is 0 Å². The van der Waals surface area contributed by atoms with Gasteiger partial charge in [-0.15, -0.1) is 0 Å². The van der Waals surface area contributed by atoms with Crippen LogP contribution >= 0.6 is 15.6 Å². The van der Waals surface area contributed by atoms with Gasteiger partial charge in [0.15, 0.2) is 12.2 Å². The van der Waals surface area contributed by atoms with Crippen molar-refractivity contribution >= 4 is 39.5 Å². The lowest BCUT2D eigenvalue weighted by atomic mass is 10.0. The Morgan fingerprint density at radius 2 is 0.560 bits per heavy atom. The topological polar surface area (TPSA) is 237 Å². The summed E-state index contributed by atoms with van der Waals surface area (Å²) in [4.78, 5) is 72.9. The molecular formula is C81H142O17P2. The molecule has 0 heterocycles. The van der Waals surface area contributed by atoms with Crippen molar-refractivity contribution in [1.82, 2.24) is 0 Å². The minimum absolute atomic E-state index is 0.0382. The second kappa shape index (κ2) is 73.3. The lowest BCUT2D eigenvalue weighted by molar-refractivity contribution is -0.161. The van der Waals surface area contributed by atoms with E-state index in [0.29, 0.717) is 32.1 Å². The Balaban J connectivity index is 5.39. The van der Waals surface area contributed by atoms with Gasteiger partial charge >= 0.3 is 39.5 Å². The maximum absolute atomic E-state index is 13.1. The molecule has 0 bridgehead atoms. The highest BCUT2D eigenvalue weighted by Crippen LogP contribution is 2.45. The first-order valence-electron chi connectivity index (χ1n) is 39.5. The number of unbranched alkanes of at least 4 members (excludes halogenated alkanes) is 32. The van der Waals surface area contributed by atoms with Gasteiger partial charge in [-0.1, -0.05) is 318 Å². The summed E-state index contributed by atoms with van der Waals surface area (Å²) in [7, 11) is -9.96. The minimum atomic E-state index is -4.99. The van der Waals surface area contributed by atoms with Gasteiger partial charge in [-0.05, 0) is 89.9 Å². The van der Waals surface area contributed by atoms with Gasteiger partial charge in [0.1, 0.15) is 19.3 Å². The largest absolute Gasteiger partial charge is 0.472 e. The second-order valence-electron chi connectivity index (χ2n) is 26.3. The molecule has 5 atom stereocenters. The fourth-order valence-corrected chi connectivity index (χ4v) is 12.2. The Labute approximate surface area is 607 Å². The summed E-state index contributed by atoms with van der Waals surface area (Å²) in [6, 6.07) is 0.